The Bertz CT molecular complexity index is 477. The van der Waals surface area contributed by atoms with Crippen molar-refractivity contribution in [3.05, 3.63) is 48.0 Å². The van der Waals surface area contributed by atoms with Crippen LogP contribution in [0.5, 0.6) is 0 Å². The largest absolute Gasteiger partial charge is 0.462 e. The molecule has 2 rings (SSSR count). The Kier molecular flexibility index (Phi) is 3.49. The van der Waals surface area contributed by atoms with Gasteiger partial charge in [-0.05, 0) is 24.6 Å². The smallest absolute Gasteiger partial charge is 0.338 e. The predicted octanol–water partition coefficient (Wildman–Crippen LogP) is 1.50. The van der Waals surface area contributed by atoms with Gasteiger partial charge in [-0.2, -0.15) is 5.10 Å². The van der Waals surface area contributed by atoms with Crippen molar-refractivity contribution < 1.29 is 9.53 Å². The molecule has 1 aromatic carbocycles. The molecule has 0 radical (unpaired) electrons. The Hall–Kier alpha value is -2.17. The van der Waals surface area contributed by atoms with E-state index in [9.17, 15) is 4.79 Å². The second kappa shape index (κ2) is 5.25. The van der Waals surface area contributed by atoms with E-state index in [-0.39, 0.29) is 5.97 Å². The van der Waals surface area contributed by atoms with E-state index in [1.165, 1.54) is 6.33 Å². The van der Waals surface area contributed by atoms with Crippen molar-refractivity contribution in [2.75, 3.05) is 6.61 Å². The second-order valence-corrected chi connectivity index (χ2v) is 3.51. The first-order valence-electron chi connectivity index (χ1n) is 5.38. The van der Waals surface area contributed by atoms with E-state index in [1.807, 2.05) is 12.1 Å². The number of rotatable bonds is 4. The number of aromatic nitrogens is 3. The minimum Gasteiger partial charge on any atom is -0.462 e. The summed E-state index contributed by atoms with van der Waals surface area (Å²) in [6.45, 7) is 2.82. The summed E-state index contributed by atoms with van der Waals surface area (Å²) >= 11 is 0. The van der Waals surface area contributed by atoms with Gasteiger partial charge in [0.2, 0.25) is 0 Å². The van der Waals surface area contributed by atoms with Gasteiger partial charge in [-0.15, -0.1) is 0 Å². The highest BCUT2D eigenvalue weighted by Crippen LogP contribution is 2.07. The zero-order valence-electron chi connectivity index (χ0n) is 9.54. The van der Waals surface area contributed by atoms with Gasteiger partial charge in [0.05, 0.1) is 18.7 Å². The van der Waals surface area contributed by atoms with E-state index >= 15 is 0 Å². The van der Waals surface area contributed by atoms with Crippen LogP contribution < -0.4 is 0 Å². The Balaban J connectivity index is 2.05. The summed E-state index contributed by atoms with van der Waals surface area (Å²) in [5.74, 6) is -0.292. The third-order valence-electron chi connectivity index (χ3n) is 2.28. The van der Waals surface area contributed by atoms with Crippen LogP contribution in [0.4, 0.5) is 0 Å². The third-order valence-corrected chi connectivity index (χ3v) is 2.28. The maximum atomic E-state index is 11.4. The lowest BCUT2D eigenvalue weighted by Crippen LogP contribution is -2.05. The fourth-order valence-corrected chi connectivity index (χ4v) is 1.46. The standard InChI is InChI=1S/C12H13N3O2/c1-2-17-12(16)11-5-3-10(4-6-11)7-15-9-13-8-14-15/h3-6,8-9H,2,7H2,1H3. The van der Waals surface area contributed by atoms with Crippen LogP contribution in [-0.4, -0.2) is 27.3 Å². The molecule has 0 aliphatic heterocycles. The molecule has 5 nitrogen and oxygen atoms in total. The van der Waals surface area contributed by atoms with Crippen LogP contribution in [0, 0.1) is 0 Å². The number of ether oxygens (including phenoxy) is 1. The van der Waals surface area contributed by atoms with Gasteiger partial charge in [0.25, 0.3) is 0 Å². The average molecular weight is 231 g/mol. The molecule has 0 fully saturated rings. The molecule has 0 aliphatic rings. The average Bonchev–Trinajstić information content (AvgIpc) is 2.83. The lowest BCUT2D eigenvalue weighted by Gasteiger charge is -2.04. The maximum Gasteiger partial charge on any atom is 0.338 e. The van der Waals surface area contributed by atoms with Crippen LogP contribution in [0.2, 0.25) is 0 Å². The number of hydrogen-bond acceptors (Lipinski definition) is 4. The number of esters is 1. The first-order chi connectivity index (χ1) is 8.29. The van der Waals surface area contributed by atoms with E-state index in [1.54, 1.807) is 30.1 Å². The number of nitrogens with zero attached hydrogens (tertiary/aromatic N) is 3. The van der Waals surface area contributed by atoms with E-state index in [4.69, 9.17) is 4.74 Å². The summed E-state index contributed by atoms with van der Waals surface area (Å²) in [4.78, 5) is 15.3. The molecule has 0 aliphatic carbocycles. The van der Waals surface area contributed by atoms with Crippen LogP contribution in [0.1, 0.15) is 22.8 Å². The van der Waals surface area contributed by atoms with Gasteiger partial charge in [-0.1, -0.05) is 12.1 Å². The Morgan fingerprint density at radius 3 is 2.71 bits per heavy atom. The molecular weight excluding hydrogens is 218 g/mol. The SMILES string of the molecule is CCOC(=O)c1ccc(Cn2cncn2)cc1. The summed E-state index contributed by atoms with van der Waals surface area (Å²) < 4.78 is 6.63. The lowest BCUT2D eigenvalue weighted by atomic mass is 10.1. The summed E-state index contributed by atoms with van der Waals surface area (Å²) in [5.41, 5.74) is 1.62. The maximum absolute atomic E-state index is 11.4. The molecule has 1 heterocycles. The van der Waals surface area contributed by atoms with Gasteiger partial charge in [0, 0.05) is 0 Å². The molecule has 1 aromatic heterocycles. The van der Waals surface area contributed by atoms with Gasteiger partial charge < -0.3 is 4.74 Å². The van der Waals surface area contributed by atoms with Crippen molar-refractivity contribution in [3.63, 3.8) is 0 Å². The van der Waals surface area contributed by atoms with Crippen LogP contribution >= 0.6 is 0 Å². The molecule has 0 saturated carbocycles. The van der Waals surface area contributed by atoms with Gasteiger partial charge >= 0.3 is 5.97 Å². The zero-order chi connectivity index (χ0) is 12.1. The van der Waals surface area contributed by atoms with Crippen LogP contribution in [0.15, 0.2) is 36.9 Å². The zero-order valence-corrected chi connectivity index (χ0v) is 9.54. The number of carbonyl (C=O) groups is 1. The van der Waals surface area contributed by atoms with E-state index < -0.39 is 0 Å². The van der Waals surface area contributed by atoms with Crippen molar-refractivity contribution in [2.45, 2.75) is 13.5 Å². The number of hydrogen-bond donors (Lipinski definition) is 0. The quantitative estimate of drug-likeness (QED) is 0.748. The number of carbonyl (C=O) groups excluding carboxylic acids is 1. The van der Waals surface area contributed by atoms with E-state index in [0.717, 1.165) is 5.56 Å². The molecule has 2 aromatic rings. The highest BCUT2D eigenvalue weighted by atomic mass is 16.5. The minimum absolute atomic E-state index is 0.292. The molecule has 88 valence electrons. The van der Waals surface area contributed by atoms with E-state index in [2.05, 4.69) is 10.1 Å². The molecule has 0 saturated heterocycles. The van der Waals surface area contributed by atoms with Crippen molar-refractivity contribution >= 4 is 5.97 Å². The van der Waals surface area contributed by atoms with Crippen LogP contribution in [0.3, 0.4) is 0 Å². The molecule has 0 atom stereocenters. The van der Waals surface area contributed by atoms with Crippen LogP contribution in [0.25, 0.3) is 0 Å². The lowest BCUT2D eigenvalue weighted by molar-refractivity contribution is 0.0526. The van der Waals surface area contributed by atoms with Crippen LogP contribution in [-0.2, 0) is 11.3 Å². The second-order valence-electron chi connectivity index (χ2n) is 3.51. The molecule has 0 N–H and O–H groups in total. The molecule has 17 heavy (non-hydrogen) atoms. The topological polar surface area (TPSA) is 57.0 Å². The first kappa shape index (κ1) is 11.3. The molecule has 0 spiro atoms. The third kappa shape index (κ3) is 2.90. The molecule has 0 unspecified atom stereocenters. The fourth-order valence-electron chi connectivity index (χ4n) is 1.46. The van der Waals surface area contributed by atoms with Gasteiger partial charge in [-0.25, -0.2) is 14.5 Å². The summed E-state index contributed by atoms with van der Waals surface area (Å²) in [6.07, 6.45) is 3.15. The Labute approximate surface area is 99.1 Å². The highest BCUT2D eigenvalue weighted by Gasteiger charge is 2.05. The van der Waals surface area contributed by atoms with E-state index in [0.29, 0.717) is 18.7 Å². The van der Waals surface area contributed by atoms with Crippen molar-refractivity contribution in [1.29, 1.82) is 0 Å². The Morgan fingerprint density at radius 1 is 1.35 bits per heavy atom. The monoisotopic (exact) mass is 231 g/mol. The minimum atomic E-state index is -0.292. The van der Waals surface area contributed by atoms with Gasteiger partial charge in [0.1, 0.15) is 12.7 Å². The normalized spacial score (nSPS) is 10.2. The van der Waals surface area contributed by atoms with Crippen molar-refractivity contribution in [2.24, 2.45) is 0 Å². The van der Waals surface area contributed by atoms with Gasteiger partial charge in [0.15, 0.2) is 0 Å². The molecule has 5 heteroatoms. The number of benzene rings is 1. The summed E-state index contributed by atoms with van der Waals surface area (Å²) in [7, 11) is 0. The van der Waals surface area contributed by atoms with Crippen molar-refractivity contribution in [3.8, 4) is 0 Å². The molecule has 0 amide bonds. The first-order valence-corrected chi connectivity index (χ1v) is 5.38. The fraction of sp³-hybridized carbons (Fsp3) is 0.250. The summed E-state index contributed by atoms with van der Waals surface area (Å²) in [6, 6.07) is 7.27. The summed E-state index contributed by atoms with van der Waals surface area (Å²) in [5, 5.41) is 4.01. The van der Waals surface area contributed by atoms with Crippen molar-refractivity contribution in [1.82, 2.24) is 14.8 Å². The molecule has 0 bridgehead atoms. The predicted molar refractivity (Wildman–Crippen MR) is 61.5 cm³/mol. The highest BCUT2D eigenvalue weighted by molar-refractivity contribution is 5.89. The Morgan fingerprint density at radius 2 is 2.12 bits per heavy atom. The molecular formula is C12H13N3O2. The van der Waals surface area contributed by atoms with Gasteiger partial charge in [-0.3, -0.25) is 0 Å².